The highest BCUT2D eigenvalue weighted by Gasteiger charge is 2.07. The lowest BCUT2D eigenvalue weighted by Crippen LogP contribution is -2.28. The standard InChI is InChI=1S/C9H11ClN2OS/c1-2-6(11)5-12-9(13)7-3-4-8(10)14-7/h3-4,11H,2,5H2,1H3,(H,12,13). The van der Waals surface area contributed by atoms with Gasteiger partial charge >= 0.3 is 0 Å². The van der Waals surface area contributed by atoms with Crippen LogP contribution < -0.4 is 5.32 Å². The molecule has 0 aromatic carbocycles. The minimum atomic E-state index is -0.167. The fourth-order valence-electron chi connectivity index (χ4n) is 0.835. The first-order chi connectivity index (χ1) is 6.63. The van der Waals surface area contributed by atoms with Crippen LogP contribution in [0.5, 0.6) is 0 Å². The van der Waals surface area contributed by atoms with E-state index < -0.39 is 0 Å². The van der Waals surface area contributed by atoms with Crippen LogP contribution in [-0.4, -0.2) is 18.2 Å². The van der Waals surface area contributed by atoms with Crippen LogP contribution in [0.15, 0.2) is 12.1 Å². The number of hydrogen-bond acceptors (Lipinski definition) is 3. The normalized spacial score (nSPS) is 9.86. The number of thiophene rings is 1. The average molecular weight is 231 g/mol. The van der Waals surface area contributed by atoms with Gasteiger partial charge in [-0.3, -0.25) is 4.79 Å². The molecular weight excluding hydrogens is 220 g/mol. The van der Waals surface area contributed by atoms with Gasteiger partial charge < -0.3 is 10.7 Å². The molecule has 0 radical (unpaired) electrons. The molecule has 0 saturated carbocycles. The van der Waals surface area contributed by atoms with Gasteiger partial charge in [0.1, 0.15) is 0 Å². The van der Waals surface area contributed by atoms with Crippen molar-refractivity contribution in [1.29, 1.82) is 5.41 Å². The summed E-state index contributed by atoms with van der Waals surface area (Å²) in [5, 5.41) is 10.0. The number of carbonyl (C=O) groups excluding carboxylic acids is 1. The van der Waals surface area contributed by atoms with Crippen molar-refractivity contribution in [2.75, 3.05) is 6.54 Å². The molecule has 0 fully saturated rings. The third kappa shape index (κ3) is 3.12. The van der Waals surface area contributed by atoms with E-state index in [-0.39, 0.29) is 5.91 Å². The summed E-state index contributed by atoms with van der Waals surface area (Å²) in [6, 6.07) is 3.37. The highest BCUT2D eigenvalue weighted by atomic mass is 35.5. The van der Waals surface area contributed by atoms with Crippen LogP contribution in [0.4, 0.5) is 0 Å². The van der Waals surface area contributed by atoms with Gasteiger partial charge in [-0.1, -0.05) is 18.5 Å². The van der Waals surface area contributed by atoms with Crippen LogP contribution in [0.1, 0.15) is 23.0 Å². The van der Waals surface area contributed by atoms with E-state index in [4.69, 9.17) is 17.0 Å². The van der Waals surface area contributed by atoms with Gasteiger partial charge in [-0.25, -0.2) is 0 Å². The molecule has 0 bridgehead atoms. The second-order valence-electron chi connectivity index (χ2n) is 2.74. The zero-order chi connectivity index (χ0) is 10.6. The summed E-state index contributed by atoms with van der Waals surface area (Å²) >= 11 is 6.93. The Morgan fingerprint density at radius 3 is 2.86 bits per heavy atom. The minimum Gasteiger partial charge on any atom is -0.346 e. The second-order valence-corrected chi connectivity index (χ2v) is 4.46. The fourth-order valence-corrected chi connectivity index (χ4v) is 1.79. The molecule has 14 heavy (non-hydrogen) atoms. The van der Waals surface area contributed by atoms with Crippen molar-refractivity contribution in [2.24, 2.45) is 0 Å². The van der Waals surface area contributed by atoms with E-state index in [1.54, 1.807) is 12.1 Å². The van der Waals surface area contributed by atoms with Crippen molar-refractivity contribution >= 4 is 34.6 Å². The summed E-state index contributed by atoms with van der Waals surface area (Å²) in [5.41, 5.74) is 0.515. The van der Waals surface area contributed by atoms with E-state index >= 15 is 0 Å². The number of amides is 1. The van der Waals surface area contributed by atoms with Gasteiger partial charge in [0, 0.05) is 5.71 Å². The summed E-state index contributed by atoms with van der Waals surface area (Å²) in [6.45, 7) is 2.20. The molecular formula is C9H11ClN2OS. The van der Waals surface area contributed by atoms with E-state index in [1.165, 1.54) is 11.3 Å². The predicted molar refractivity (Wildman–Crippen MR) is 59.7 cm³/mol. The summed E-state index contributed by atoms with van der Waals surface area (Å²) in [7, 11) is 0. The van der Waals surface area contributed by atoms with Crippen molar-refractivity contribution in [3.63, 3.8) is 0 Å². The van der Waals surface area contributed by atoms with Gasteiger partial charge in [0.15, 0.2) is 0 Å². The van der Waals surface area contributed by atoms with Crippen molar-refractivity contribution < 1.29 is 4.79 Å². The molecule has 0 aliphatic rings. The predicted octanol–water partition coefficient (Wildman–Crippen LogP) is 2.56. The third-order valence-electron chi connectivity index (χ3n) is 1.69. The third-order valence-corrected chi connectivity index (χ3v) is 2.92. The van der Waals surface area contributed by atoms with Gasteiger partial charge in [-0.05, 0) is 18.6 Å². The van der Waals surface area contributed by atoms with Crippen molar-refractivity contribution in [3.8, 4) is 0 Å². The Bertz CT molecular complexity index is 348. The Morgan fingerprint density at radius 1 is 1.64 bits per heavy atom. The lowest BCUT2D eigenvalue weighted by atomic mass is 10.3. The van der Waals surface area contributed by atoms with E-state index in [0.29, 0.717) is 27.9 Å². The van der Waals surface area contributed by atoms with Crippen molar-refractivity contribution in [1.82, 2.24) is 5.32 Å². The van der Waals surface area contributed by atoms with E-state index in [0.717, 1.165) is 0 Å². The molecule has 0 aliphatic heterocycles. The van der Waals surface area contributed by atoms with Crippen LogP contribution in [0.25, 0.3) is 0 Å². The van der Waals surface area contributed by atoms with Gasteiger partial charge in [-0.15, -0.1) is 11.3 Å². The largest absolute Gasteiger partial charge is 0.346 e. The van der Waals surface area contributed by atoms with E-state index in [9.17, 15) is 4.79 Å². The van der Waals surface area contributed by atoms with Crippen LogP contribution in [0, 0.1) is 5.41 Å². The first-order valence-corrected chi connectivity index (χ1v) is 5.42. The molecule has 0 saturated heterocycles. The molecule has 1 aromatic heterocycles. The summed E-state index contributed by atoms with van der Waals surface area (Å²) in [6.07, 6.45) is 0.658. The van der Waals surface area contributed by atoms with Gasteiger partial charge in [0.2, 0.25) is 0 Å². The van der Waals surface area contributed by atoms with E-state index in [1.807, 2.05) is 6.92 Å². The van der Waals surface area contributed by atoms with Crippen molar-refractivity contribution in [2.45, 2.75) is 13.3 Å². The molecule has 0 atom stereocenters. The molecule has 0 unspecified atom stereocenters. The highest BCUT2D eigenvalue weighted by molar-refractivity contribution is 7.17. The van der Waals surface area contributed by atoms with Crippen LogP contribution in [0.2, 0.25) is 4.34 Å². The van der Waals surface area contributed by atoms with Gasteiger partial charge in [-0.2, -0.15) is 0 Å². The molecule has 1 amide bonds. The fraction of sp³-hybridized carbons (Fsp3) is 0.333. The number of nitrogens with one attached hydrogen (secondary N) is 2. The SMILES string of the molecule is CCC(=N)CNC(=O)c1ccc(Cl)s1. The van der Waals surface area contributed by atoms with Gasteiger partial charge in [0.05, 0.1) is 15.8 Å². The Balaban J connectivity index is 2.47. The molecule has 1 rings (SSSR count). The number of halogens is 1. The summed E-state index contributed by atoms with van der Waals surface area (Å²) in [5.74, 6) is -0.167. The smallest absolute Gasteiger partial charge is 0.261 e. The molecule has 76 valence electrons. The number of hydrogen-bond donors (Lipinski definition) is 2. The van der Waals surface area contributed by atoms with Crippen LogP contribution >= 0.6 is 22.9 Å². The second kappa shape index (κ2) is 5.12. The summed E-state index contributed by atoms with van der Waals surface area (Å²) < 4.78 is 0.598. The Hall–Kier alpha value is -0.870. The molecule has 1 aromatic rings. The molecule has 3 nitrogen and oxygen atoms in total. The molecule has 1 heterocycles. The highest BCUT2D eigenvalue weighted by Crippen LogP contribution is 2.20. The lowest BCUT2D eigenvalue weighted by molar-refractivity contribution is 0.0963. The van der Waals surface area contributed by atoms with Crippen molar-refractivity contribution in [3.05, 3.63) is 21.3 Å². The maximum Gasteiger partial charge on any atom is 0.261 e. The maximum atomic E-state index is 11.4. The van der Waals surface area contributed by atoms with Crippen LogP contribution in [0.3, 0.4) is 0 Å². The molecule has 0 aliphatic carbocycles. The topological polar surface area (TPSA) is 53.0 Å². The Morgan fingerprint density at radius 2 is 2.36 bits per heavy atom. The lowest BCUT2D eigenvalue weighted by Gasteiger charge is -2.02. The minimum absolute atomic E-state index is 0.167. The number of rotatable bonds is 4. The number of carbonyl (C=O) groups is 1. The molecule has 2 N–H and O–H groups in total. The monoisotopic (exact) mass is 230 g/mol. The summed E-state index contributed by atoms with van der Waals surface area (Å²) in [4.78, 5) is 12.0. The molecule has 5 heteroatoms. The van der Waals surface area contributed by atoms with E-state index in [2.05, 4.69) is 5.32 Å². The molecule has 0 spiro atoms. The maximum absolute atomic E-state index is 11.4. The first-order valence-electron chi connectivity index (χ1n) is 4.23. The van der Waals surface area contributed by atoms with Crippen LogP contribution in [-0.2, 0) is 0 Å². The quantitative estimate of drug-likeness (QED) is 0.768. The zero-order valence-electron chi connectivity index (χ0n) is 7.76. The van der Waals surface area contributed by atoms with Gasteiger partial charge in [0.25, 0.3) is 5.91 Å². The average Bonchev–Trinajstić information content (AvgIpc) is 2.60. The zero-order valence-corrected chi connectivity index (χ0v) is 9.34. The Labute approximate surface area is 91.6 Å². The Kier molecular flexibility index (Phi) is 4.10. The first kappa shape index (κ1) is 11.2.